The van der Waals surface area contributed by atoms with E-state index in [1.807, 2.05) is 24.3 Å². The van der Waals surface area contributed by atoms with Gasteiger partial charge in [0.1, 0.15) is 18.7 Å². The molecule has 2 aromatic rings. The Hall–Kier alpha value is -2.47. The second kappa shape index (κ2) is 7.40. The maximum atomic E-state index is 12.4. The molecule has 1 amide bonds. The van der Waals surface area contributed by atoms with Crippen molar-refractivity contribution in [3.05, 3.63) is 47.5 Å². The van der Waals surface area contributed by atoms with Crippen LogP contribution < -0.4 is 10.1 Å². The van der Waals surface area contributed by atoms with Crippen LogP contribution in [0, 0.1) is 13.8 Å². The number of amides is 1. The van der Waals surface area contributed by atoms with Gasteiger partial charge in [0.15, 0.2) is 0 Å². The van der Waals surface area contributed by atoms with Gasteiger partial charge in [0.2, 0.25) is 0 Å². The first-order valence-electron chi connectivity index (χ1n) is 8.07. The number of hydrogen-bond acceptors (Lipinski definition) is 5. The Labute approximate surface area is 141 Å². The maximum Gasteiger partial charge on any atom is 0.259 e. The number of nitrogens with zero attached hydrogens (tertiary/aromatic N) is 2. The van der Waals surface area contributed by atoms with Gasteiger partial charge in [-0.25, -0.2) is 9.97 Å². The standard InChI is InChI=1S/C18H21N3O3/c1-12-17(13(2)20-11-19-12)18(22)21-14-5-7-15(8-6-14)24-10-16-4-3-9-23-16/h5-8,11,16H,3-4,9-10H2,1-2H3,(H,21,22). The summed E-state index contributed by atoms with van der Waals surface area (Å²) in [6.07, 6.45) is 3.79. The van der Waals surface area contributed by atoms with E-state index in [4.69, 9.17) is 9.47 Å². The molecule has 1 N–H and O–H groups in total. The molecular formula is C18H21N3O3. The molecule has 0 bridgehead atoms. The first-order valence-corrected chi connectivity index (χ1v) is 8.07. The maximum absolute atomic E-state index is 12.4. The molecule has 1 unspecified atom stereocenters. The second-order valence-electron chi connectivity index (χ2n) is 5.84. The highest BCUT2D eigenvalue weighted by Gasteiger charge is 2.16. The van der Waals surface area contributed by atoms with E-state index in [-0.39, 0.29) is 12.0 Å². The molecule has 0 spiro atoms. The van der Waals surface area contributed by atoms with E-state index in [1.165, 1.54) is 6.33 Å². The number of carbonyl (C=O) groups is 1. The molecule has 3 rings (SSSR count). The molecule has 0 aliphatic carbocycles. The molecule has 6 heteroatoms. The summed E-state index contributed by atoms with van der Waals surface area (Å²) in [5.41, 5.74) is 2.54. The minimum atomic E-state index is -0.210. The molecule has 1 aromatic carbocycles. The first-order chi connectivity index (χ1) is 11.6. The average molecular weight is 327 g/mol. The van der Waals surface area contributed by atoms with E-state index in [1.54, 1.807) is 13.8 Å². The summed E-state index contributed by atoms with van der Waals surface area (Å²) in [6.45, 7) is 4.98. The van der Waals surface area contributed by atoms with Crippen molar-refractivity contribution in [1.29, 1.82) is 0 Å². The molecule has 1 atom stereocenters. The summed E-state index contributed by atoms with van der Waals surface area (Å²) in [6, 6.07) is 7.31. The van der Waals surface area contributed by atoms with E-state index >= 15 is 0 Å². The summed E-state index contributed by atoms with van der Waals surface area (Å²) in [4.78, 5) is 20.6. The van der Waals surface area contributed by atoms with E-state index in [0.29, 0.717) is 29.2 Å². The Morgan fingerprint density at radius 1 is 1.25 bits per heavy atom. The number of hydrogen-bond donors (Lipinski definition) is 1. The van der Waals surface area contributed by atoms with Crippen LogP contribution in [0.15, 0.2) is 30.6 Å². The number of benzene rings is 1. The molecule has 0 radical (unpaired) electrons. The van der Waals surface area contributed by atoms with Gasteiger partial charge in [0, 0.05) is 12.3 Å². The van der Waals surface area contributed by atoms with Gasteiger partial charge in [-0.2, -0.15) is 0 Å². The predicted molar refractivity (Wildman–Crippen MR) is 90.4 cm³/mol. The van der Waals surface area contributed by atoms with Crippen LogP contribution in [0.1, 0.15) is 34.6 Å². The third-order valence-electron chi connectivity index (χ3n) is 4.03. The van der Waals surface area contributed by atoms with Gasteiger partial charge in [-0.15, -0.1) is 0 Å². The zero-order valence-corrected chi connectivity index (χ0v) is 13.9. The number of ether oxygens (including phenoxy) is 2. The molecule has 1 fully saturated rings. The highest BCUT2D eigenvalue weighted by molar-refractivity contribution is 6.05. The molecule has 1 aliphatic heterocycles. The number of nitrogens with one attached hydrogen (secondary N) is 1. The third kappa shape index (κ3) is 3.89. The van der Waals surface area contributed by atoms with Crippen LogP contribution in [0.2, 0.25) is 0 Å². The lowest BCUT2D eigenvalue weighted by Gasteiger charge is -2.12. The lowest BCUT2D eigenvalue weighted by Crippen LogP contribution is -2.17. The van der Waals surface area contributed by atoms with Gasteiger partial charge >= 0.3 is 0 Å². The lowest BCUT2D eigenvalue weighted by molar-refractivity contribution is 0.0679. The Morgan fingerprint density at radius 3 is 2.58 bits per heavy atom. The van der Waals surface area contributed by atoms with Gasteiger partial charge in [-0.3, -0.25) is 4.79 Å². The van der Waals surface area contributed by atoms with Crippen molar-refractivity contribution in [2.24, 2.45) is 0 Å². The number of aryl methyl sites for hydroxylation is 2. The topological polar surface area (TPSA) is 73.3 Å². The van der Waals surface area contributed by atoms with Gasteiger partial charge in [0.25, 0.3) is 5.91 Å². The summed E-state index contributed by atoms with van der Waals surface area (Å²) in [7, 11) is 0. The fraction of sp³-hybridized carbons (Fsp3) is 0.389. The quantitative estimate of drug-likeness (QED) is 0.914. The molecular weight excluding hydrogens is 306 g/mol. The fourth-order valence-corrected chi connectivity index (χ4v) is 2.71. The predicted octanol–water partition coefficient (Wildman–Crippen LogP) is 2.90. The zero-order valence-electron chi connectivity index (χ0n) is 13.9. The van der Waals surface area contributed by atoms with Gasteiger partial charge in [-0.05, 0) is 51.0 Å². The van der Waals surface area contributed by atoms with E-state index < -0.39 is 0 Å². The largest absolute Gasteiger partial charge is 0.491 e. The van der Waals surface area contributed by atoms with Gasteiger partial charge < -0.3 is 14.8 Å². The SMILES string of the molecule is Cc1ncnc(C)c1C(=O)Nc1ccc(OCC2CCCO2)cc1. The van der Waals surface area contributed by atoms with Crippen molar-refractivity contribution in [2.75, 3.05) is 18.5 Å². The highest BCUT2D eigenvalue weighted by atomic mass is 16.5. The molecule has 2 heterocycles. The number of anilines is 1. The van der Waals surface area contributed by atoms with Gasteiger partial charge in [0.05, 0.1) is 23.1 Å². The normalized spacial score (nSPS) is 16.8. The van der Waals surface area contributed by atoms with Crippen molar-refractivity contribution in [3.63, 3.8) is 0 Å². The molecule has 126 valence electrons. The Kier molecular flexibility index (Phi) is 5.05. The van der Waals surface area contributed by atoms with Crippen LogP contribution in [0.4, 0.5) is 5.69 Å². The van der Waals surface area contributed by atoms with Crippen LogP contribution in [-0.4, -0.2) is 35.2 Å². The van der Waals surface area contributed by atoms with Crippen molar-refractivity contribution in [3.8, 4) is 5.75 Å². The number of aromatic nitrogens is 2. The van der Waals surface area contributed by atoms with Crippen molar-refractivity contribution in [2.45, 2.75) is 32.8 Å². The first kappa shape index (κ1) is 16.4. The molecule has 6 nitrogen and oxygen atoms in total. The average Bonchev–Trinajstić information content (AvgIpc) is 3.07. The molecule has 1 aromatic heterocycles. The lowest BCUT2D eigenvalue weighted by atomic mass is 10.1. The summed E-state index contributed by atoms with van der Waals surface area (Å²) >= 11 is 0. The smallest absolute Gasteiger partial charge is 0.259 e. The number of rotatable bonds is 5. The van der Waals surface area contributed by atoms with E-state index in [2.05, 4.69) is 15.3 Å². The molecule has 24 heavy (non-hydrogen) atoms. The zero-order chi connectivity index (χ0) is 16.9. The summed E-state index contributed by atoms with van der Waals surface area (Å²) < 4.78 is 11.2. The van der Waals surface area contributed by atoms with Crippen molar-refractivity contribution in [1.82, 2.24) is 9.97 Å². The minimum absolute atomic E-state index is 0.188. The highest BCUT2D eigenvalue weighted by Crippen LogP contribution is 2.19. The molecule has 1 saturated heterocycles. The Morgan fingerprint density at radius 2 is 1.96 bits per heavy atom. The van der Waals surface area contributed by atoms with E-state index in [9.17, 15) is 4.79 Å². The minimum Gasteiger partial charge on any atom is -0.491 e. The van der Waals surface area contributed by atoms with Crippen LogP contribution in [0.25, 0.3) is 0 Å². The number of carbonyl (C=O) groups excluding carboxylic acids is 1. The van der Waals surface area contributed by atoms with Gasteiger partial charge in [-0.1, -0.05) is 0 Å². The van der Waals surface area contributed by atoms with E-state index in [0.717, 1.165) is 25.2 Å². The van der Waals surface area contributed by atoms with Crippen LogP contribution in [0.5, 0.6) is 5.75 Å². The Bertz CT molecular complexity index is 690. The second-order valence-corrected chi connectivity index (χ2v) is 5.84. The van der Waals surface area contributed by atoms with Crippen LogP contribution in [-0.2, 0) is 4.74 Å². The van der Waals surface area contributed by atoms with Crippen LogP contribution >= 0.6 is 0 Å². The molecule has 1 aliphatic rings. The summed E-state index contributed by atoms with van der Waals surface area (Å²) in [5.74, 6) is 0.553. The van der Waals surface area contributed by atoms with Crippen LogP contribution in [0.3, 0.4) is 0 Å². The fourth-order valence-electron chi connectivity index (χ4n) is 2.71. The molecule has 0 saturated carbocycles. The Balaban J connectivity index is 1.60. The monoisotopic (exact) mass is 327 g/mol. The third-order valence-corrected chi connectivity index (χ3v) is 4.03. The van der Waals surface area contributed by atoms with Crippen molar-refractivity contribution < 1.29 is 14.3 Å². The summed E-state index contributed by atoms with van der Waals surface area (Å²) in [5, 5.41) is 2.87. The van der Waals surface area contributed by atoms with Crippen molar-refractivity contribution >= 4 is 11.6 Å².